The molecule has 2 saturated carbocycles. The SMILES string of the molecule is CCNC(c1ccc(Cl)cn1)C1CC2CCC1C2. The van der Waals surface area contributed by atoms with Gasteiger partial charge in [0.15, 0.2) is 0 Å². The van der Waals surface area contributed by atoms with Gasteiger partial charge in [-0.1, -0.05) is 24.9 Å². The maximum absolute atomic E-state index is 5.93. The lowest BCUT2D eigenvalue weighted by molar-refractivity contribution is 0.249. The molecule has 2 fully saturated rings. The first-order valence-electron chi connectivity index (χ1n) is 7.12. The van der Waals surface area contributed by atoms with Crippen LogP contribution in [0.5, 0.6) is 0 Å². The normalized spacial score (nSPS) is 31.8. The second-order valence-corrected chi connectivity index (χ2v) is 6.21. The first-order valence-corrected chi connectivity index (χ1v) is 7.50. The number of nitrogens with zero attached hydrogens (tertiary/aromatic N) is 1. The Morgan fingerprint density at radius 2 is 2.28 bits per heavy atom. The zero-order valence-corrected chi connectivity index (χ0v) is 11.7. The van der Waals surface area contributed by atoms with Gasteiger partial charge in [-0.2, -0.15) is 0 Å². The van der Waals surface area contributed by atoms with Gasteiger partial charge in [-0.05, 0) is 55.7 Å². The third-order valence-corrected chi connectivity index (χ3v) is 4.94. The molecule has 0 aromatic carbocycles. The molecule has 3 heteroatoms. The molecule has 1 heterocycles. The molecule has 4 unspecified atom stereocenters. The van der Waals surface area contributed by atoms with Crippen LogP contribution in [0.1, 0.15) is 44.3 Å². The Bertz CT molecular complexity index is 403. The molecule has 4 atom stereocenters. The standard InChI is InChI=1S/C15H21ClN2/c1-2-17-15(14-6-5-12(16)9-18-14)13-8-10-3-4-11(13)7-10/h5-6,9-11,13,15,17H,2-4,7-8H2,1H3. The lowest BCUT2D eigenvalue weighted by atomic mass is 9.82. The number of nitrogens with one attached hydrogen (secondary N) is 1. The van der Waals surface area contributed by atoms with Gasteiger partial charge in [0, 0.05) is 6.20 Å². The zero-order chi connectivity index (χ0) is 12.5. The van der Waals surface area contributed by atoms with Crippen LogP contribution in [0.3, 0.4) is 0 Å². The number of aromatic nitrogens is 1. The summed E-state index contributed by atoms with van der Waals surface area (Å²) in [4.78, 5) is 4.53. The summed E-state index contributed by atoms with van der Waals surface area (Å²) in [6, 6.07) is 4.46. The van der Waals surface area contributed by atoms with Gasteiger partial charge in [-0.25, -0.2) is 0 Å². The molecule has 3 rings (SSSR count). The Labute approximate surface area is 114 Å². The maximum Gasteiger partial charge on any atom is 0.0589 e. The van der Waals surface area contributed by atoms with E-state index in [0.717, 1.165) is 29.3 Å². The number of pyridine rings is 1. The fourth-order valence-corrected chi connectivity index (χ4v) is 4.08. The van der Waals surface area contributed by atoms with E-state index < -0.39 is 0 Å². The number of fused-ring (bicyclic) bond motifs is 2. The van der Waals surface area contributed by atoms with Crippen molar-refractivity contribution >= 4 is 11.6 Å². The lowest BCUT2D eigenvalue weighted by Gasteiger charge is -2.30. The molecule has 2 aliphatic carbocycles. The second-order valence-electron chi connectivity index (χ2n) is 5.78. The summed E-state index contributed by atoms with van der Waals surface area (Å²) in [7, 11) is 0. The van der Waals surface area contributed by atoms with E-state index in [-0.39, 0.29) is 0 Å². The highest BCUT2D eigenvalue weighted by molar-refractivity contribution is 6.30. The van der Waals surface area contributed by atoms with Crippen LogP contribution in [0.15, 0.2) is 18.3 Å². The summed E-state index contributed by atoms with van der Waals surface area (Å²) in [6.45, 7) is 3.18. The number of halogens is 1. The highest BCUT2D eigenvalue weighted by Gasteiger charge is 2.43. The number of hydrogen-bond donors (Lipinski definition) is 1. The monoisotopic (exact) mass is 264 g/mol. The molecule has 0 aliphatic heterocycles. The topological polar surface area (TPSA) is 24.9 Å². The van der Waals surface area contributed by atoms with E-state index in [2.05, 4.69) is 23.3 Å². The second kappa shape index (κ2) is 5.18. The van der Waals surface area contributed by atoms with Crippen molar-refractivity contribution in [3.63, 3.8) is 0 Å². The van der Waals surface area contributed by atoms with E-state index in [9.17, 15) is 0 Å². The van der Waals surface area contributed by atoms with Crippen LogP contribution in [0.25, 0.3) is 0 Å². The van der Waals surface area contributed by atoms with Gasteiger partial charge in [0.1, 0.15) is 0 Å². The van der Waals surface area contributed by atoms with E-state index >= 15 is 0 Å². The summed E-state index contributed by atoms with van der Waals surface area (Å²) in [5.41, 5.74) is 1.17. The molecular weight excluding hydrogens is 244 g/mol. The van der Waals surface area contributed by atoms with Gasteiger partial charge < -0.3 is 5.32 Å². The summed E-state index contributed by atoms with van der Waals surface area (Å²) >= 11 is 5.93. The zero-order valence-electron chi connectivity index (χ0n) is 10.9. The van der Waals surface area contributed by atoms with Gasteiger partial charge in [0.2, 0.25) is 0 Å². The van der Waals surface area contributed by atoms with E-state index in [1.54, 1.807) is 6.20 Å². The van der Waals surface area contributed by atoms with E-state index in [4.69, 9.17) is 11.6 Å². The highest BCUT2D eigenvalue weighted by atomic mass is 35.5. The molecule has 2 aliphatic rings. The largest absolute Gasteiger partial charge is 0.309 e. The van der Waals surface area contributed by atoms with Crippen molar-refractivity contribution in [2.45, 2.75) is 38.6 Å². The Morgan fingerprint density at radius 1 is 1.39 bits per heavy atom. The minimum absolute atomic E-state index is 0.419. The van der Waals surface area contributed by atoms with Crippen LogP contribution in [-0.4, -0.2) is 11.5 Å². The maximum atomic E-state index is 5.93. The third kappa shape index (κ3) is 2.28. The van der Waals surface area contributed by atoms with Gasteiger partial charge in [-0.15, -0.1) is 0 Å². The Hall–Kier alpha value is -0.600. The lowest BCUT2D eigenvalue weighted by Crippen LogP contribution is -2.32. The third-order valence-electron chi connectivity index (χ3n) is 4.71. The molecule has 18 heavy (non-hydrogen) atoms. The quantitative estimate of drug-likeness (QED) is 0.894. The molecule has 0 amide bonds. The molecule has 98 valence electrons. The predicted molar refractivity (Wildman–Crippen MR) is 74.6 cm³/mol. The Kier molecular flexibility index (Phi) is 3.58. The molecule has 0 saturated heterocycles. The molecule has 0 spiro atoms. The molecular formula is C15H21ClN2. The Morgan fingerprint density at radius 3 is 2.83 bits per heavy atom. The van der Waals surface area contributed by atoms with Gasteiger partial charge in [0.05, 0.1) is 16.8 Å². The summed E-state index contributed by atoms with van der Waals surface area (Å²) in [5.74, 6) is 2.67. The van der Waals surface area contributed by atoms with Crippen LogP contribution in [-0.2, 0) is 0 Å². The summed E-state index contributed by atoms with van der Waals surface area (Å²) in [5, 5.41) is 4.36. The van der Waals surface area contributed by atoms with Crippen molar-refractivity contribution in [1.29, 1.82) is 0 Å². The average Bonchev–Trinajstić information content (AvgIpc) is 2.99. The summed E-state index contributed by atoms with van der Waals surface area (Å²) < 4.78 is 0. The van der Waals surface area contributed by atoms with Gasteiger partial charge in [-0.3, -0.25) is 4.98 Å². The first-order chi connectivity index (χ1) is 8.78. The van der Waals surface area contributed by atoms with E-state index in [1.807, 2.05) is 6.07 Å². The van der Waals surface area contributed by atoms with Gasteiger partial charge in [0.25, 0.3) is 0 Å². The summed E-state index contributed by atoms with van der Waals surface area (Å²) in [6.07, 6.45) is 7.47. The smallest absolute Gasteiger partial charge is 0.0589 e. The van der Waals surface area contributed by atoms with Crippen LogP contribution >= 0.6 is 11.6 Å². The number of hydrogen-bond acceptors (Lipinski definition) is 2. The molecule has 1 aromatic heterocycles. The Balaban J connectivity index is 1.81. The van der Waals surface area contributed by atoms with Crippen molar-refractivity contribution < 1.29 is 0 Å². The minimum Gasteiger partial charge on any atom is -0.309 e. The van der Waals surface area contributed by atoms with Crippen LogP contribution in [0.2, 0.25) is 5.02 Å². The average molecular weight is 265 g/mol. The van der Waals surface area contributed by atoms with Crippen LogP contribution in [0.4, 0.5) is 0 Å². The minimum atomic E-state index is 0.419. The van der Waals surface area contributed by atoms with Crippen molar-refractivity contribution in [2.75, 3.05) is 6.54 Å². The fourth-order valence-electron chi connectivity index (χ4n) is 3.97. The van der Waals surface area contributed by atoms with Crippen molar-refractivity contribution in [1.82, 2.24) is 10.3 Å². The van der Waals surface area contributed by atoms with Crippen molar-refractivity contribution in [2.24, 2.45) is 17.8 Å². The van der Waals surface area contributed by atoms with Crippen molar-refractivity contribution in [3.8, 4) is 0 Å². The van der Waals surface area contributed by atoms with Gasteiger partial charge >= 0.3 is 0 Å². The number of rotatable bonds is 4. The molecule has 2 nitrogen and oxygen atoms in total. The fraction of sp³-hybridized carbons (Fsp3) is 0.667. The predicted octanol–water partition coefficient (Wildman–Crippen LogP) is 3.82. The van der Waals surface area contributed by atoms with E-state index in [0.29, 0.717) is 6.04 Å². The molecule has 2 bridgehead atoms. The highest BCUT2D eigenvalue weighted by Crippen LogP contribution is 2.52. The first kappa shape index (κ1) is 12.4. The van der Waals surface area contributed by atoms with Crippen molar-refractivity contribution in [3.05, 3.63) is 29.0 Å². The molecule has 1 aromatic rings. The van der Waals surface area contributed by atoms with E-state index in [1.165, 1.54) is 31.4 Å². The van der Waals surface area contributed by atoms with Crippen LogP contribution < -0.4 is 5.32 Å². The molecule has 0 radical (unpaired) electrons. The van der Waals surface area contributed by atoms with Crippen LogP contribution in [0, 0.1) is 17.8 Å². The molecule has 1 N–H and O–H groups in total.